The molecule has 0 saturated heterocycles. The van der Waals surface area contributed by atoms with Gasteiger partial charge in [-0.1, -0.05) is 36.4 Å². The molecule has 1 unspecified atom stereocenters. The van der Waals surface area contributed by atoms with Gasteiger partial charge in [0, 0.05) is 28.3 Å². The molecular weight excluding hydrogens is 342 g/mol. The Labute approximate surface area is 157 Å². The zero-order chi connectivity index (χ0) is 19.1. The van der Waals surface area contributed by atoms with Gasteiger partial charge in [-0.05, 0) is 31.5 Å². The van der Waals surface area contributed by atoms with Crippen molar-refractivity contribution in [1.29, 1.82) is 0 Å². The Morgan fingerprint density at radius 3 is 2.44 bits per heavy atom. The van der Waals surface area contributed by atoms with Gasteiger partial charge in [-0.3, -0.25) is 14.6 Å². The summed E-state index contributed by atoms with van der Waals surface area (Å²) >= 11 is 0. The second kappa shape index (κ2) is 6.50. The van der Waals surface area contributed by atoms with Crippen LogP contribution in [0.1, 0.15) is 41.3 Å². The smallest absolute Gasteiger partial charge is 0.315 e. The van der Waals surface area contributed by atoms with E-state index in [9.17, 15) is 14.7 Å². The highest BCUT2D eigenvalue weighted by atomic mass is 16.5. The Hall–Kier alpha value is -3.21. The normalized spacial score (nSPS) is 20.8. The van der Waals surface area contributed by atoms with Crippen LogP contribution >= 0.6 is 0 Å². The number of phenols is 1. The maximum Gasteiger partial charge on any atom is 0.315 e. The third-order valence-corrected chi connectivity index (χ3v) is 5.10. The topological polar surface area (TPSA) is 76.0 Å². The zero-order valence-electron chi connectivity index (χ0n) is 15.1. The van der Waals surface area contributed by atoms with Crippen molar-refractivity contribution < 1.29 is 19.4 Å². The molecular formula is C22H19NO4. The standard InChI is InChI=1S/C22H19NO4/c1-3-27-22(26)17-12(2)23-20-15-6-4-5-7-16(15)21(25)19(20)18(17)13-8-10-14(24)11-9-13/h4-11,17-18,24H,3H2,1-2H3/t17?,18-/m1/s1. The Morgan fingerprint density at radius 1 is 1.11 bits per heavy atom. The largest absolute Gasteiger partial charge is 0.508 e. The van der Waals surface area contributed by atoms with Crippen molar-refractivity contribution in [1.82, 2.24) is 0 Å². The summed E-state index contributed by atoms with van der Waals surface area (Å²) in [5, 5.41) is 9.65. The van der Waals surface area contributed by atoms with E-state index < -0.39 is 17.8 Å². The number of esters is 1. The number of aliphatic imine (C=N–C) groups is 1. The number of hydrogen-bond acceptors (Lipinski definition) is 5. The van der Waals surface area contributed by atoms with Gasteiger partial charge in [0.1, 0.15) is 11.7 Å². The van der Waals surface area contributed by atoms with E-state index in [-0.39, 0.29) is 18.1 Å². The minimum Gasteiger partial charge on any atom is -0.508 e. The highest BCUT2D eigenvalue weighted by Gasteiger charge is 2.45. The highest BCUT2D eigenvalue weighted by Crippen LogP contribution is 2.48. The molecule has 2 aliphatic rings. The lowest BCUT2D eigenvalue weighted by molar-refractivity contribution is -0.145. The fraction of sp³-hybridized carbons (Fsp3) is 0.227. The molecule has 1 heterocycles. The number of carbonyl (C=O) groups is 2. The monoisotopic (exact) mass is 361 g/mol. The van der Waals surface area contributed by atoms with Gasteiger partial charge < -0.3 is 9.84 Å². The quantitative estimate of drug-likeness (QED) is 0.845. The van der Waals surface area contributed by atoms with Gasteiger partial charge in [0.2, 0.25) is 0 Å². The minimum atomic E-state index is -0.675. The molecule has 4 rings (SSSR count). The molecule has 27 heavy (non-hydrogen) atoms. The Morgan fingerprint density at radius 2 is 1.78 bits per heavy atom. The summed E-state index contributed by atoms with van der Waals surface area (Å²) in [6, 6.07) is 14.0. The number of rotatable bonds is 3. The van der Waals surface area contributed by atoms with Crippen LogP contribution in [-0.4, -0.2) is 29.2 Å². The van der Waals surface area contributed by atoms with Crippen LogP contribution in [0.25, 0.3) is 5.70 Å². The zero-order valence-corrected chi connectivity index (χ0v) is 15.1. The number of phenolic OH excluding ortho intramolecular Hbond substituents is 1. The van der Waals surface area contributed by atoms with E-state index in [0.717, 1.165) is 11.1 Å². The van der Waals surface area contributed by atoms with Gasteiger partial charge in [0.25, 0.3) is 0 Å². The molecule has 2 aromatic rings. The Kier molecular flexibility index (Phi) is 4.15. The first kappa shape index (κ1) is 17.2. The Bertz CT molecular complexity index is 1000. The van der Waals surface area contributed by atoms with E-state index >= 15 is 0 Å². The average Bonchev–Trinajstić information content (AvgIpc) is 2.94. The third-order valence-electron chi connectivity index (χ3n) is 5.10. The molecule has 1 N–H and O–H groups in total. The molecule has 0 radical (unpaired) electrons. The molecule has 2 atom stereocenters. The van der Waals surface area contributed by atoms with Crippen molar-refractivity contribution in [3.05, 3.63) is 70.8 Å². The van der Waals surface area contributed by atoms with Crippen LogP contribution in [0.2, 0.25) is 0 Å². The van der Waals surface area contributed by atoms with Crippen molar-refractivity contribution in [2.24, 2.45) is 10.9 Å². The van der Waals surface area contributed by atoms with Crippen molar-refractivity contribution in [3.63, 3.8) is 0 Å². The van der Waals surface area contributed by atoms with Crippen LogP contribution < -0.4 is 0 Å². The number of allylic oxidation sites excluding steroid dienone is 1. The van der Waals surface area contributed by atoms with E-state index in [1.165, 1.54) is 0 Å². The summed E-state index contributed by atoms with van der Waals surface area (Å²) in [5.74, 6) is -1.55. The summed E-state index contributed by atoms with van der Waals surface area (Å²) in [4.78, 5) is 30.6. The van der Waals surface area contributed by atoms with E-state index in [2.05, 4.69) is 4.99 Å². The predicted molar refractivity (Wildman–Crippen MR) is 102 cm³/mol. The lowest BCUT2D eigenvalue weighted by Crippen LogP contribution is -2.35. The van der Waals surface area contributed by atoms with E-state index in [1.807, 2.05) is 18.2 Å². The number of fused-ring (bicyclic) bond motifs is 2. The number of benzene rings is 2. The minimum absolute atomic E-state index is 0.107. The number of nitrogens with zero attached hydrogens (tertiary/aromatic N) is 1. The van der Waals surface area contributed by atoms with Gasteiger partial charge in [-0.15, -0.1) is 0 Å². The predicted octanol–water partition coefficient (Wildman–Crippen LogP) is 3.74. The summed E-state index contributed by atoms with van der Waals surface area (Å²) in [5.41, 5.74) is 3.94. The highest BCUT2D eigenvalue weighted by molar-refractivity contribution is 6.24. The number of carbonyl (C=O) groups excluding carboxylic acids is 2. The van der Waals surface area contributed by atoms with E-state index in [4.69, 9.17) is 4.74 Å². The number of hydrogen-bond donors (Lipinski definition) is 1. The van der Waals surface area contributed by atoms with Crippen LogP contribution in [0.3, 0.4) is 0 Å². The molecule has 1 aliphatic heterocycles. The van der Waals surface area contributed by atoms with Crippen LogP contribution in [0.15, 0.2) is 59.1 Å². The SMILES string of the molecule is CCOC(=O)C1C(C)=NC2=C(C(=O)c3ccccc32)[C@@H]1c1ccc(O)cc1. The molecule has 5 heteroatoms. The van der Waals surface area contributed by atoms with Crippen LogP contribution in [0.5, 0.6) is 5.75 Å². The second-order valence-electron chi connectivity index (χ2n) is 6.69. The number of Topliss-reactive ketones (excluding diaryl/α,β-unsaturated/α-hetero) is 1. The molecule has 0 bridgehead atoms. The first-order chi connectivity index (χ1) is 13.0. The van der Waals surface area contributed by atoms with Crippen molar-refractivity contribution >= 4 is 23.2 Å². The second-order valence-corrected chi connectivity index (χ2v) is 6.69. The van der Waals surface area contributed by atoms with Gasteiger partial charge in [-0.2, -0.15) is 0 Å². The maximum absolute atomic E-state index is 13.2. The summed E-state index contributed by atoms with van der Waals surface area (Å²) < 4.78 is 5.29. The molecule has 2 aromatic carbocycles. The molecule has 136 valence electrons. The maximum atomic E-state index is 13.2. The van der Waals surface area contributed by atoms with E-state index in [0.29, 0.717) is 22.5 Å². The molecule has 5 nitrogen and oxygen atoms in total. The summed E-state index contributed by atoms with van der Waals surface area (Å²) in [6.45, 7) is 3.80. The van der Waals surface area contributed by atoms with Crippen molar-refractivity contribution in [3.8, 4) is 5.75 Å². The van der Waals surface area contributed by atoms with Gasteiger partial charge in [-0.25, -0.2) is 0 Å². The third kappa shape index (κ3) is 2.67. The molecule has 0 amide bonds. The molecule has 0 aromatic heterocycles. The molecule has 0 spiro atoms. The van der Waals surface area contributed by atoms with Gasteiger partial charge in [0.15, 0.2) is 5.78 Å². The van der Waals surface area contributed by atoms with Crippen molar-refractivity contribution in [2.75, 3.05) is 6.61 Å². The number of aromatic hydroxyl groups is 1. The number of ketones is 1. The van der Waals surface area contributed by atoms with Gasteiger partial charge in [0.05, 0.1) is 12.3 Å². The summed E-state index contributed by atoms with van der Waals surface area (Å²) in [7, 11) is 0. The first-order valence-electron chi connectivity index (χ1n) is 8.92. The lowest BCUT2D eigenvalue weighted by Gasteiger charge is -2.30. The van der Waals surface area contributed by atoms with Crippen LogP contribution in [-0.2, 0) is 9.53 Å². The fourth-order valence-electron chi connectivity index (χ4n) is 3.93. The number of ether oxygens (including phenoxy) is 1. The average molecular weight is 361 g/mol. The van der Waals surface area contributed by atoms with Crippen LogP contribution in [0.4, 0.5) is 0 Å². The van der Waals surface area contributed by atoms with Crippen molar-refractivity contribution in [2.45, 2.75) is 19.8 Å². The first-order valence-corrected chi connectivity index (χ1v) is 8.92. The van der Waals surface area contributed by atoms with Gasteiger partial charge >= 0.3 is 5.97 Å². The molecule has 1 aliphatic carbocycles. The Balaban J connectivity index is 1.92. The lowest BCUT2D eigenvalue weighted by atomic mass is 9.75. The summed E-state index contributed by atoms with van der Waals surface area (Å²) in [6.07, 6.45) is 0. The fourth-order valence-corrected chi connectivity index (χ4v) is 3.93. The molecule has 0 fully saturated rings. The van der Waals surface area contributed by atoms with E-state index in [1.54, 1.807) is 44.2 Å². The molecule has 0 saturated carbocycles. The van der Waals surface area contributed by atoms with Crippen LogP contribution in [0, 0.1) is 5.92 Å².